The number of methoxy groups -OCH3 is 1. The minimum Gasteiger partial charge on any atom is -0.465 e. The molecule has 3 aromatic rings. The van der Waals surface area contributed by atoms with Crippen molar-refractivity contribution in [2.45, 2.75) is 13.5 Å². The van der Waals surface area contributed by atoms with Crippen LogP contribution in [0.3, 0.4) is 0 Å². The molecule has 132 valence electrons. The van der Waals surface area contributed by atoms with Gasteiger partial charge in [0, 0.05) is 22.8 Å². The predicted molar refractivity (Wildman–Crippen MR) is 108 cm³/mol. The molecule has 0 atom stereocenters. The van der Waals surface area contributed by atoms with Gasteiger partial charge in [-0.25, -0.2) is 9.78 Å². The van der Waals surface area contributed by atoms with Gasteiger partial charge in [-0.05, 0) is 42.8 Å². The van der Waals surface area contributed by atoms with E-state index in [0.29, 0.717) is 5.56 Å². The molecule has 3 rings (SSSR count). The van der Waals surface area contributed by atoms with Crippen LogP contribution >= 0.6 is 15.9 Å². The molecule has 0 bridgehead atoms. The smallest absolute Gasteiger partial charge is 0.337 e. The number of benzene rings is 2. The van der Waals surface area contributed by atoms with E-state index in [-0.39, 0.29) is 5.97 Å². The molecule has 0 aliphatic carbocycles. The molecule has 1 heterocycles. The quantitative estimate of drug-likeness (QED) is 0.536. The lowest BCUT2D eigenvalue weighted by molar-refractivity contribution is 0.0601. The topological polar surface area (TPSA) is 44.1 Å². The first-order valence-corrected chi connectivity index (χ1v) is 9.09. The summed E-state index contributed by atoms with van der Waals surface area (Å²) in [6.45, 7) is 2.91. The maximum atomic E-state index is 11.6. The number of rotatable bonds is 5. The Labute approximate surface area is 161 Å². The summed E-state index contributed by atoms with van der Waals surface area (Å²) >= 11 is 3.44. The Morgan fingerprint density at radius 3 is 2.42 bits per heavy atom. The van der Waals surface area contributed by atoms with Crippen molar-refractivity contribution in [2.75, 3.05) is 7.11 Å². The second kappa shape index (κ2) is 8.15. The van der Waals surface area contributed by atoms with Crippen molar-refractivity contribution >= 4 is 34.1 Å². The SMILES string of the molecule is CCn1cc(-c2ccc(C(=O)OC)cc2)nc1C=Cc1ccc(Br)cc1. The fraction of sp³-hybridized carbons (Fsp3) is 0.143. The molecular formula is C21H19BrN2O2. The second-order valence-corrected chi connectivity index (χ2v) is 6.64. The molecule has 0 saturated heterocycles. The number of carbonyl (C=O) groups excluding carboxylic acids is 1. The van der Waals surface area contributed by atoms with E-state index < -0.39 is 0 Å². The van der Waals surface area contributed by atoms with Crippen LogP contribution in [0.5, 0.6) is 0 Å². The van der Waals surface area contributed by atoms with Crippen LogP contribution < -0.4 is 0 Å². The van der Waals surface area contributed by atoms with Crippen LogP contribution in [0.4, 0.5) is 0 Å². The molecule has 0 aliphatic heterocycles. The Bertz CT molecular complexity index is 926. The Morgan fingerprint density at radius 2 is 1.81 bits per heavy atom. The van der Waals surface area contributed by atoms with E-state index in [1.807, 2.05) is 54.7 Å². The molecule has 2 aromatic carbocycles. The van der Waals surface area contributed by atoms with Crippen LogP contribution in [0.2, 0.25) is 0 Å². The molecular weight excluding hydrogens is 392 g/mol. The van der Waals surface area contributed by atoms with Crippen molar-refractivity contribution < 1.29 is 9.53 Å². The highest BCUT2D eigenvalue weighted by Gasteiger charge is 2.09. The van der Waals surface area contributed by atoms with Gasteiger partial charge in [-0.1, -0.05) is 46.3 Å². The number of hydrogen-bond acceptors (Lipinski definition) is 3. The third-order valence-electron chi connectivity index (χ3n) is 4.04. The summed E-state index contributed by atoms with van der Waals surface area (Å²) < 4.78 is 7.89. The van der Waals surface area contributed by atoms with Crippen molar-refractivity contribution in [1.29, 1.82) is 0 Å². The van der Waals surface area contributed by atoms with Crippen molar-refractivity contribution in [1.82, 2.24) is 9.55 Å². The first kappa shape index (κ1) is 18.1. The maximum Gasteiger partial charge on any atom is 0.337 e. The Hall–Kier alpha value is -2.66. The van der Waals surface area contributed by atoms with E-state index in [0.717, 1.165) is 33.7 Å². The highest BCUT2D eigenvalue weighted by atomic mass is 79.9. The van der Waals surface area contributed by atoms with Gasteiger partial charge in [0.15, 0.2) is 0 Å². The summed E-state index contributed by atoms with van der Waals surface area (Å²) in [6, 6.07) is 15.4. The number of aryl methyl sites for hydroxylation is 1. The summed E-state index contributed by atoms with van der Waals surface area (Å²) in [4.78, 5) is 16.3. The van der Waals surface area contributed by atoms with Crippen molar-refractivity contribution in [3.63, 3.8) is 0 Å². The molecule has 0 radical (unpaired) electrons. The normalized spacial score (nSPS) is 11.0. The number of aromatic nitrogens is 2. The summed E-state index contributed by atoms with van der Waals surface area (Å²) in [7, 11) is 1.38. The molecule has 0 N–H and O–H groups in total. The van der Waals surface area contributed by atoms with Crippen LogP contribution in [0, 0.1) is 0 Å². The van der Waals surface area contributed by atoms with Crippen molar-refractivity contribution in [3.8, 4) is 11.3 Å². The highest BCUT2D eigenvalue weighted by molar-refractivity contribution is 9.10. The number of esters is 1. The number of nitrogens with zero attached hydrogens (tertiary/aromatic N) is 2. The van der Waals surface area contributed by atoms with E-state index in [9.17, 15) is 4.79 Å². The van der Waals surface area contributed by atoms with Gasteiger partial charge in [-0.2, -0.15) is 0 Å². The Balaban J connectivity index is 1.86. The lowest BCUT2D eigenvalue weighted by Crippen LogP contribution is -2.00. The summed E-state index contributed by atoms with van der Waals surface area (Å²) in [5, 5.41) is 0. The molecule has 1 aromatic heterocycles. The first-order chi connectivity index (χ1) is 12.6. The molecule has 4 nitrogen and oxygen atoms in total. The van der Waals surface area contributed by atoms with Crippen molar-refractivity contribution in [2.24, 2.45) is 0 Å². The van der Waals surface area contributed by atoms with E-state index in [1.165, 1.54) is 7.11 Å². The summed E-state index contributed by atoms with van der Waals surface area (Å²) in [6.07, 6.45) is 6.08. The summed E-state index contributed by atoms with van der Waals surface area (Å²) in [5.41, 5.74) is 3.48. The molecule has 5 heteroatoms. The average Bonchev–Trinajstić information content (AvgIpc) is 3.10. The largest absolute Gasteiger partial charge is 0.465 e. The van der Waals surface area contributed by atoms with E-state index in [4.69, 9.17) is 9.72 Å². The minimum atomic E-state index is -0.339. The van der Waals surface area contributed by atoms with Crippen LogP contribution in [0.25, 0.3) is 23.4 Å². The fourth-order valence-corrected chi connectivity index (χ4v) is 2.86. The third kappa shape index (κ3) is 4.11. The van der Waals surface area contributed by atoms with Crippen LogP contribution in [-0.4, -0.2) is 22.6 Å². The Kier molecular flexibility index (Phi) is 5.68. The zero-order valence-electron chi connectivity index (χ0n) is 14.6. The van der Waals surface area contributed by atoms with Gasteiger partial charge in [0.1, 0.15) is 5.82 Å². The summed E-state index contributed by atoms with van der Waals surface area (Å²) in [5.74, 6) is 0.552. The Morgan fingerprint density at radius 1 is 1.12 bits per heavy atom. The van der Waals surface area contributed by atoms with Gasteiger partial charge in [-0.15, -0.1) is 0 Å². The zero-order valence-corrected chi connectivity index (χ0v) is 16.2. The van der Waals surface area contributed by atoms with Gasteiger partial charge in [0.2, 0.25) is 0 Å². The van der Waals surface area contributed by atoms with Crippen LogP contribution in [0.15, 0.2) is 59.2 Å². The zero-order chi connectivity index (χ0) is 18.5. The first-order valence-electron chi connectivity index (χ1n) is 8.30. The number of hydrogen-bond donors (Lipinski definition) is 0. The van der Waals surface area contributed by atoms with Gasteiger partial charge in [0.25, 0.3) is 0 Å². The molecule has 0 spiro atoms. The van der Waals surface area contributed by atoms with E-state index in [1.54, 1.807) is 12.1 Å². The monoisotopic (exact) mass is 410 g/mol. The van der Waals surface area contributed by atoms with E-state index >= 15 is 0 Å². The lowest BCUT2D eigenvalue weighted by Gasteiger charge is -2.00. The van der Waals surface area contributed by atoms with E-state index in [2.05, 4.69) is 27.4 Å². The molecule has 0 saturated carbocycles. The lowest BCUT2D eigenvalue weighted by atomic mass is 10.1. The van der Waals surface area contributed by atoms with Gasteiger partial charge in [0.05, 0.1) is 18.4 Å². The maximum absolute atomic E-state index is 11.6. The minimum absolute atomic E-state index is 0.339. The highest BCUT2D eigenvalue weighted by Crippen LogP contribution is 2.21. The number of imidazole rings is 1. The number of carbonyl (C=O) groups is 1. The third-order valence-corrected chi connectivity index (χ3v) is 4.57. The van der Waals surface area contributed by atoms with Crippen LogP contribution in [0.1, 0.15) is 28.7 Å². The molecule has 26 heavy (non-hydrogen) atoms. The molecule has 0 fully saturated rings. The van der Waals surface area contributed by atoms with Gasteiger partial charge in [-0.3, -0.25) is 0 Å². The molecule has 0 unspecified atom stereocenters. The van der Waals surface area contributed by atoms with Gasteiger partial charge >= 0.3 is 5.97 Å². The van der Waals surface area contributed by atoms with Gasteiger partial charge < -0.3 is 9.30 Å². The molecule has 0 amide bonds. The fourth-order valence-electron chi connectivity index (χ4n) is 2.60. The molecule has 0 aliphatic rings. The predicted octanol–water partition coefficient (Wildman–Crippen LogP) is 5.29. The average molecular weight is 411 g/mol. The second-order valence-electron chi connectivity index (χ2n) is 5.72. The van der Waals surface area contributed by atoms with Crippen LogP contribution in [-0.2, 0) is 11.3 Å². The number of ether oxygens (including phenoxy) is 1. The van der Waals surface area contributed by atoms with Crippen molar-refractivity contribution in [3.05, 3.63) is 76.2 Å². The number of halogens is 1. The standard InChI is InChI=1S/C21H19BrN2O2/c1-3-24-14-19(16-7-9-17(10-8-16)21(25)26-2)23-20(24)13-6-15-4-11-18(22)12-5-15/h4-14H,3H2,1-2H3.